The molecule has 3 nitrogen and oxygen atoms in total. The van der Waals surface area contributed by atoms with Gasteiger partial charge in [-0.1, -0.05) is 6.92 Å². The van der Waals surface area contributed by atoms with Crippen LogP contribution in [-0.2, 0) is 4.74 Å². The highest BCUT2D eigenvalue weighted by atomic mass is 16.5. The first-order valence-corrected chi connectivity index (χ1v) is 6.48. The maximum absolute atomic E-state index is 6.08. The van der Waals surface area contributed by atoms with Crippen molar-refractivity contribution in [2.45, 2.75) is 64.6 Å². The SMILES string of the molecule is CCN(C(C)C)C1(CN)CCOC(C)(C)C1. The second-order valence-electron chi connectivity index (χ2n) is 5.84. The molecule has 0 bridgehead atoms. The lowest BCUT2D eigenvalue weighted by molar-refractivity contribution is -0.123. The second kappa shape index (κ2) is 5.03. The van der Waals surface area contributed by atoms with Crippen LogP contribution in [0, 0.1) is 0 Å². The number of hydrogen-bond acceptors (Lipinski definition) is 3. The van der Waals surface area contributed by atoms with Gasteiger partial charge in [0.25, 0.3) is 0 Å². The minimum atomic E-state index is -0.0417. The molecule has 2 N–H and O–H groups in total. The summed E-state index contributed by atoms with van der Waals surface area (Å²) < 4.78 is 5.81. The van der Waals surface area contributed by atoms with Crippen LogP contribution >= 0.6 is 0 Å². The molecule has 0 aliphatic carbocycles. The van der Waals surface area contributed by atoms with Crippen LogP contribution in [0.4, 0.5) is 0 Å². The Hall–Kier alpha value is -0.120. The molecular weight excluding hydrogens is 200 g/mol. The second-order valence-corrected chi connectivity index (χ2v) is 5.84. The highest BCUT2D eigenvalue weighted by Crippen LogP contribution is 2.36. The van der Waals surface area contributed by atoms with E-state index in [9.17, 15) is 0 Å². The van der Waals surface area contributed by atoms with Crippen molar-refractivity contribution in [3.8, 4) is 0 Å². The minimum absolute atomic E-state index is 0.0417. The maximum Gasteiger partial charge on any atom is 0.0644 e. The van der Waals surface area contributed by atoms with Crippen LogP contribution in [0.3, 0.4) is 0 Å². The van der Waals surface area contributed by atoms with Crippen LogP contribution in [0.5, 0.6) is 0 Å². The van der Waals surface area contributed by atoms with Crippen molar-refractivity contribution in [1.29, 1.82) is 0 Å². The van der Waals surface area contributed by atoms with E-state index in [4.69, 9.17) is 10.5 Å². The first-order valence-electron chi connectivity index (χ1n) is 6.48. The van der Waals surface area contributed by atoms with Crippen molar-refractivity contribution in [1.82, 2.24) is 4.90 Å². The quantitative estimate of drug-likeness (QED) is 0.800. The number of rotatable bonds is 4. The van der Waals surface area contributed by atoms with Crippen LogP contribution in [0.25, 0.3) is 0 Å². The zero-order chi connectivity index (χ0) is 12.4. The molecule has 1 aliphatic rings. The van der Waals surface area contributed by atoms with E-state index in [0.29, 0.717) is 6.04 Å². The van der Waals surface area contributed by atoms with Crippen molar-refractivity contribution < 1.29 is 4.74 Å². The summed E-state index contributed by atoms with van der Waals surface area (Å²) in [7, 11) is 0. The normalized spacial score (nSPS) is 30.0. The molecule has 1 fully saturated rings. The maximum atomic E-state index is 6.08. The van der Waals surface area contributed by atoms with Crippen LogP contribution in [0.1, 0.15) is 47.5 Å². The van der Waals surface area contributed by atoms with Crippen molar-refractivity contribution in [2.24, 2.45) is 5.73 Å². The van der Waals surface area contributed by atoms with Gasteiger partial charge in [-0.2, -0.15) is 0 Å². The Morgan fingerprint density at radius 1 is 1.38 bits per heavy atom. The van der Waals surface area contributed by atoms with E-state index in [1.54, 1.807) is 0 Å². The molecule has 1 unspecified atom stereocenters. The Kier molecular flexibility index (Phi) is 4.38. The van der Waals surface area contributed by atoms with Crippen molar-refractivity contribution >= 4 is 0 Å². The molecule has 1 aliphatic heterocycles. The third kappa shape index (κ3) is 2.76. The minimum Gasteiger partial charge on any atom is -0.375 e. The van der Waals surface area contributed by atoms with Crippen LogP contribution in [0.2, 0.25) is 0 Å². The number of hydrogen-bond donors (Lipinski definition) is 1. The standard InChI is InChI=1S/C13H28N2O/c1-6-15(11(2)3)13(10-14)7-8-16-12(4,5)9-13/h11H,6-10,14H2,1-5H3. The first-order chi connectivity index (χ1) is 7.37. The number of nitrogens with zero attached hydrogens (tertiary/aromatic N) is 1. The largest absolute Gasteiger partial charge is 0.375 e. The van der Waals surface area contributed by atoms with Crippen molar-refractivity contribution in [2.75, 3.05) is 19.7 Å². The Morgan fingerprint density at radius 2 is 2.00 bits per heavy atom. The van der Waals surface area contributed by atoms with Gasteiger partial charge in [-0.25, -0.2) is 0 Å². The average molecular weight is 228 g/mol. The van der Waals surface area contributed by atoms with E-state index in [1.807, 2.05) is 0 Å². The third-order valence-electron chi connectivity index (χ3n) is 3.77. The molecule has 1 atom stereocenters. The lowest BCUT2D eigenvalue weighted by Crippen LogP contribution is -2.62. The van der Waals surface area contributed by atoms with E-state index in [2.05, 4.69) is 39.5 Å². The third-order valence-corrected chi connectivity index (χ3v) is 3.77. The monoisotopic (exact) mass is 228 g/mol. The molecule has 16 heavy (non-hydrogen) atoms. The number of likely N-dealkylation sites (N-methyl/N-ethyl adjacent to an activating group) is 1. The first kappa shape index (κ1) is 13.9. The van der Waals surface area contributed by atoms with Gasteiger partial charge in [0.05, 0.1) is 5.60 Å². The van der Waals surface area contributed by atoms with Gasteiger partial charge < -0.3 is 10.5 Å². The van der Waals surface area contributed by atoms with E-state index in [0.717, 1.165) is 32.5 Å². The predicted molar refractivity (Wildman–Crippen MR) is 68.6 cm³/mol. The fourth-order valence-corrected chi connectivity index (χ4v) is 3.23. The van der Waals surface area contributed by atoms with Gasteiger partial charge in [0.1, 0.15) is 0 Å². The zero-order valence-electron chi connectivity index (χ0n) is 11.5. The Bertz CT molecular complexity index is 228. The lowest BCUT2D eigenvalue weighted by Gasteiger charge is -2.52. The van der Waals surface area contributed by atoms with Crippen molar-refractivity contribution in [3.63, 3.8) is 0 Å². The van der Waals surface area contributed by atoms with E-state index >= 15 is 0 Å². The fourth-order valence-electron chi connectivity index (χ4n) is 3.23. The molecule has 1 rings (SSSR count). The lowest BCUT2D eigenvalue weighted by atomic mass is 9.79. The summed E-state index contributed by atoms with van der Waals surface area (Å²) in [5.74, 6) is 0. The number of nitrogens with two attached hydrogens (primary N) is 1. The molecule has 0 aromatic rings. The molecule has 0 spiro atoms. The molecule has 0 radical (unpaired) electrons. The highest BCUT2D eigenvalue weighted by Gasteiger charge is 2.44. The summed E-state index contributed by atoms with van der Waals surface area (Å²) in [6.07, 6.45) is 2.08. The summed E-state index contributed by atoms with van der Waals surface area (Å²) in [6, 6.07) is 0.544. The van der Waals surface area contributed by atoms with Gasteiger partial charge in [-0.15, -0.1) is 0 Å². The molecule has 1 heterocycles. The summed E-state index contributed by atoms with van der Waals surface area (Å²) in [5.41, 5.74) is 6.16. The smallest absolute Gasteiger partial charge is 0.0644 e. The fraction of sp³-hybridized carbons (Fsp3) is 1.00. The molecule has 0 saturated carbocycles. The topological polar surface area (TPSA) is 38.5 Å². The van der Waals surface area contributed by atoms with Gasteiger partial charge in [0, 0.05) is 24.7 Å². The molecule has 0 amide bonds. The molecule has 3 heteroatoms. The van der Waals surface area contributed by atoms with Gasteiger partial charge in [0.15, 0.2) is 0 Å². The Morgan fingerprint density at radius 3 is 2.38 bits per heavy atom. The summed E-state index contributed by atoms with van der Waals surface area (Å²) >= 11 is 0. The van der Waals surface area contributed by atoms with Gasteiger partial charge in [0.2, 0.25) is 0 Å². The molecular formula is C13H28N2O. The van der Waals surface area contributed by atoms with Crippen LogP contribution < -0.4 is 5.73 Å². The van der Waals surface area contributed by atoms with Crippen LogP contribution in [0.15, 0.2) is 0 Å². The Labute approximate surface area is 100 Å². The summed E-state index contributed by atoms with van der Waals surface area (Å²) in [6.45, 7) is 13.7. The van der Waals surface area contributed by atoms with Gasteiger partial charge in [-0.3, -0.25) is 4.90 Å². The summed E-state index contributed by atoms with van der Waals surface area (Å²) in [5, 5.41) is 0. The average Bonchev–Trinajstić information content (AvgIpc) is 2.16. The van der Waals surface area contributed by atoms with Gasteiger partial charge in [-0.05, 0) is 47.1 Å². The summed E-state index contributed by atoms with van der Waals surface area (Å²) in [4.78, 5) is 2.54. The van der Waals surface area contributed by atoms with Gasteiger partial charge >= 0.3 is 0 Å². The number of ether oxygens (including phenoxy) is 1. The van der Waals surface area contributed by atoms with E-state index in [-0.39, 0.29) is 11.1 Å². The molecule has 0 aromatic carbocycles. The van der Waals surface area contributed by atoms with Crippen LogP contribution in [-0.4, -0.2) is 41.8 Å². The predicted octanol–water partition coefficient (Wildman–Crippen LogP) is 2.00. The highest BCUT2D eigenvalue weighted by molar-refractivity contribution is 5.00. The zero-order valence-corrected chi connectivity index (χ0v) is 11.5. The van der Waals surface area contributed by atoms with Crippen molar-refractivity contribution in [3.05, 3.63) is 0 Å². The Balaban J connectivity index is 2.91. The molecule has 0 aromatic heterocycles. The molecule has 96 valence electrons. The van der Waals surface area contributed by atoms with E-state index in [1.165, 1.54) is 0 Å². The molecule has 1 saturated heterocycles. The van der Waals surface area contributed by atoms with E-state index < -0.39 is 0 Å².